The first-order valence-electron chi connectivity index (χ1n) is 12.2. The number of esters is 1. The largest absolute Gasteiger partial charge is 0.462 e. The standard InChI is InChI=1S/C28H30FN3O2/c1-4-34-28(33)20-13-16(2)26-25(14-20)31-27(32-26)17(3)18-5-7-19(8-6-18)22-11-12-30-24-10-9-21(29)15-23(22)24/h9-15,17-19H,4-8H2,1-3H3,(H,31,32)/t17-,18-,19+/m1/s1. The molecule has 1 aliphatic carbocycles. The van der Waals surface area contributed by atoms with Crippen LogP contribution in [0.4, 0.5) is 4.39 Å². The van der Waals surface area contributed by atoms with Gasteiger partial charge in [0, 0.05) is 17.5 Å². The van der Waals surface area contributed by atoms with E-state index in [1.807, 2.05) is 32.2 Å². The van der Waals surface area contributed by atoms with Gasteiger partial charge in [0.25, 0.3) is 0 Å². The molecule has 0 unspecified atom stereocenters. The van der Waals surface area contributed by atoms with Crippen LogP contribution in [-0.4, -0.2) is 27.5 Å². The second-order valence-corrected chi connectivity index (χ2v) is 9.49. The Morgan fingerprint density at radius 2 is 1.97 bits per heavy atom. The highest BCUT2D eigenvalue weighted by Gasteiger charge is 2.29. The van der Waals surface area contributed by atoms with E-state index in [1.165, 1.54) is 11.6 Å². The lowest BCUT2D eigenvalue weighted by molar-refractivity contribution is 0.0526. The first-order valence-corrected chi connectivity index (χ1v) is 12.2. The van der Waals surface area contributed by atoms with Crippen molar-refractivity contribution in [2.45, 2.75) is 58.3 Å². The molecule has 176 valence electrons. The van der Waals surface area contributed by atoms with E-state index in [0.717, 1.165) is 59.0 Å². The molecule has 1 atom stereocenters. The van der Waals surface area contributed by atoms with Gasteiger partial charge in [0.05, 0.1) is 28.7 Å². The van der Waals surface area contributed by atoms with Gasteiger partial charge in [0.1, 0.15) is 11.6 Å². The van der Waals surface area contributed by atoms with Crippen LogP contribution in [0, 0.1) is 18.7 Å². The first kappa shape index (κ1) is 22.5. The number of carbonyl (C=O) groups is 1. The quantitative estimate of drug-likeness (QED) is 0.333. The molecule has 6 heteroatoms. The molecule has 2 heterocycles. The summed E-state index contributed by atoms with van der Waals surface area (Å²) in [4.78, 5) is 25.0. The van der Waals surface area contributed by atoms with E-state index in [0.29, 0.717) is 24.0 Å². The second-order valence-electron chi connectivity index (χ2n) is 9.49. The number of benzene rings is 2. The zero-order valence-electron chi connectivity index (χ0n) is 19.9. The van der Waals surface area contributed by atoms with Crippen LogP contribution in [0.25, 0.3) is 21.9 Å². The van der Waals surface area contributed by atoms with Crippen molar-refractivity contribution in [3.05, 3.63) is 70.9 Å². The summed E-state index contributed by atoms with van der Waals surface area (Å²) in [6.07, 6.45) is 6.16. The van der Waals surface area contributed by atoms with Crippen LogP contribution in [0.5, 0.6) is 0 Å². The SMILES string of the molecule is CCOC(=O)c1cc(C)c2nc([C@H](C)[C@H]3CC[C@@H](c4ccnc5ccc(F)cc54)CC3)[nH]c2c1. The predicted molar refractivity (Wildman–Crippen MR) is 132 cm³/mol. The molecule has 0 radical (unpaired) electrons. The van der Waals surface area contributed by atoms with Crippen LogP contribution in [0.3, 0.4) is 0 Å². The van der Waals surface area contributed by atoms with Crippen LogP contribution in [0.15, 0.2) is 42.6 Å². The lowest BCUT2D eigenvalue weighted by Gasteiger charge is -2.32. The third-order valence-electron chi connectivity index (χ3n) is 7.39. The Morgan fingerprint density at radius 1 is 1.18 bits per heavy atom. The van der Waals surface area contributed by atoms with Gasteiger partial charge in [-0.3, -0.25) is 4.98 Å². The van der Waals surface area contributed by atoms with E-state index in [2.05, 4.69) is 23.0 Å². The fourth-order valence-corrected chi connectivity index (χ4v) is 5.51. The molecule has 1 N–H and O–H groups in total. The topological polar surface area (TPSA) is 67.9 Å². The fraction of sp³-hybridized carbons (Fsp3) is 0.393. The summed E-state index contributed by atoms with van der Waals surface area (Å²) in [5, 5.41) is 0.934. The summed E-state index contributed by atoms with van der Waals surface area (Å²) in [5.74, 6) is 1.67. The minimum Gasteiger partial charge on any atom is -0.462 e. The van der Waals surface area contributed by atoms with Gasteiger partial charge >= 0.3 is 5.97 Å². The maximum Gasteiger partial charge on any atom is 0.338 e. The smallest absolute Gasteiger partial charge is 0.338 e. The van der Waals surface area contributed by atoms with Gasteiger partial charge in [-0.05, 0) is 98.9 Å². The number of halogens is 1. The van der Waals surface area contributed by atoms with Gasteiger partial charge < -0.3 is 9.72 Å². The number of hydrogen-bond donors (Lipinski definition) is 1. The molecule has 34 heavy (non-hydrogen) atoms. The van der Waals surface area contributed by atoms with E-state index < -0.39 is 0 Å². The average molecular weight is 460 g/mol. The van der Waals surface area contributed by atoms with Crippen molar-refractivity contribution in [3.63, 3.8) is 0 Å². The van der Waals surface area contributed by atoms with Crippen molar-refractivity contribution < 1.29 is 13.9 Å². The molecule has 0 bridgehead atoms. The molecule has 2 aromatic carbocycles. The maximum absolute atomic E-state index is 13.9. The van der Waals surface area contributed by atoms with Gasteiger partial charge in [0.15, 0.2) is 0 Å². The number of nitrogens with zero attached hydrogens (tertiary/aromatic N) is 2. The van der Waals surface area contributed by atoms with Crippen LogP contribution in [-0.2, 0) is 4.74 Å². The highest BCUT2D eigenvalue weighted by Crippen LogP contribution is 2.43. The van der Waals surface area contributed by atoms with Crippen molar-refractivity contribution in [1.29, 1.82) is 0 Å². The third-order valence-corrected chi connectivity index (χ3v) is 7.39. The highest BCUT2D eigenvalue weighted by molar-refractivity contribution is 5.94. The van der Waals surface area contributed by atoms with Gasteiger partial charge in [-0.2, -0.15) is 0 Å². The van der Waals surface area contributed by atoms with E-state index in [1.54, 1.807) is 12.1 Å². The number of ether oxygens (including phenoxy) is 1. The number of aromatic amines is 1. The third kappa shape index (κ3) is 4.17. The molecule has 0 spiro atoms. The zero-order chi connectivity index (χ0) is 23.8. The number of pyridine rings is 1. The predicted octanol–water partition coefficient (Wildman–Crippen LogP) is 6.81. The van der Waals surface area contributed by atoms with Crippen molar-refractivity contribution in [3.8, 4) is 0 Å². The molecule has 0 amide bonds. The Labute approximate surface area is 198 Å². The number of H-pyrrole nitrogens is 1. The molecule has 4 aromatic rings. The number of nitrogens with one attached hydrogen (secondary N) is 1. The molecule has 1 aliphatic rings. The van der Waals surface area contributed by atoms with E-state index in [-0.39, 0.29) is 17.7 Å². The highest BCUT2D eigenvalue weighted by atomic mass is 19.1. The number of hydrogen-bond acceptors (Lipinski definition) is 4. The molecular weight excluding hydrogens is 429 g/mol. The van der Waals surface area contributed by atoms with E-state index in [9.17, 15) is 9.18 Å². The summed E-state index contributed by atoms with van der Waals surface area (Å²) in [6.45, 7) is 6.38. The minimum absolute atomic E-state index is 0.213. The Morgan fingerprint density at radius 3 is 2.74 bits per heavy atom. The van der Waals surface area contributed by atoms with Crippen LogP contribution in [0.2, 0.25) is 0 Å². The molecule has 5 rings (SSSR count). The Bertz CT molecular complexity index is 1350. The second kappa shape index (κ2) is 9.16. The van der Waals surface area contributed by atoms with Gasteiger partial charge in [-0.25, -0.2) is 14.2 Å². The summed E-state index contributed by atoms with van der Waals surface area (Å²) in [5.41, 5.74) is 5.38. The number of imidazole rings is 1. The van der Waals surface area contributed by atoms with Crippen LogP contribution >= 0.6 is 0 Å². The molecule has 1 saturated carbocycles. The van der Waals surface area contributed by atoms with Crippen molar-refractivity contribution in [2.24, 2.45) is 5.92 Å². The molecular formula is C28H30FN3O2. The van der Waals surface area contributed by atoms with E-state index in [4.69, 9.17) is 9.72 Å². The number of fused-ring (bicyclic) bond motifs is 2. The van der Waals surface area contributed by atoms with E-state index >= 15 is 0 Å². The maximum atomic E-state index is 13.9. The molecule has 0 aliphatic heterocycles. The Balaban J connectivity index is 1.33. The molecule has 1 fully saturated rings. The molecule has 5 nitrogen and oxygen atoms in total. The lowest BCUT2D eigenvalue weighted by atomic mass is 9.73. The number of aryl methyl sites for hydroxylation is 1. The normalized spacial score (nSPS) is 19.4. The van der Waals surface area contributed by atoms with Gasteiger partial charge in [-0.15, -0.1) is 0 Å². The van der Waals surface area contributed by atoms with Gasteiger partial charge in [0.2, 0.25) is 0 Å². The Kier molecular flexibility index (Phi) is 6.07. The zero-order valence-corrected chi connectivity index (χ0v) is 19.9. The Hall–Kier alpha value is -3.28. The lowest BCUT2D eigenvalue weighted by Crippen LogP contribution is -2.19. The molecule has 2 aromatic heterocycles. The van der Waals surface area contributed by atoms with Crippen LogP contribution in [0.1, 0.15) is 78.7 Å². The number of rotatable bonds is 5. The summed E-state index contributed by atoms with van der Waals surface area (Å²) in [6, 6.07) is 10.6. The monoisotopic (exact) mass is 459 g/mol. The van der Waals surface area contributed by atoms with Gasteiger partial charge in [-0.1, -0.05) is 6.92 Å². The average Bonchev–Trinajstić information content (AvgIpc) is 3.28. The number of carbonyl (C=O) groups excluding carboxylic acids is 1. The number of aromatic nitrogens is 3. The fourth-order valence-electron chi connectivity index (χ4n) is 5.51. The van der Waals surface area contributed by atoms with Crippen molar-refractivity contribution in [1.82, 2.24) is 15.0 Å². The van der Waals surface area contributed by atoms with Crippen molar-refractivity contribution >= 4 is 27.9 Å². The summed E-state index contributed by atoms with van der Waals surface area (Å²) >= 11 is 0. The molecule has 0 saturated heterocycles. The first-order chi connectivity index (χ1) is 16.4. The summed E-state index contributed by atoms with van der Waals surface area (Å²) in [7, 11) is 0. The van der Waals surface area contributed by atoms with Crippen LogP contribution < -0.4 is 0 Å². The van der Waals surface area contributed by atoms with Crippen molar-refractivity contribution in [2.75, 3.05) is 6.61 Å². The minimum atomic E-state index is -0.307. The summed E-state index contributed by atoms with van der Waals surface area (Å²) < 4.78 is 19.1.